The topological polar surface area (TPSA) is 64.1 Å². The summed E-state index contributed by atoms with van der Waals surface area (Å²) in [6.07, 6.45) is 9.57. The third-order valence-electron chi connectivity index (χ3n) is 1.85. The van der Waals surface area contributed by atoms with Crippen LogP contribution in [0.3, 0.4) is 0 Å². The Kier molecular flexibility index (Phi) is 4.80. The van der Waals surface area contributed by atoms with E-state index in [0.29, 0.717) is 5.82 Å². The van der Waals surface area contributed by atoms with Gasteiger partial charge in [-0.1, -0.05) is 0 Å². The van der Waals surface area contributed by atoms with Crippen LogP contribution in [0.25, 0.3) is 0 Å². The number of methoxy groups -OCH3 is 1. The van der Waals surface area contributed by atoms with Gasteiger partial charge in [-0.25, -0.2) is 14.8 Å². The summed E-state index contributed by atoms with van der Waals surface area (Å²) in [5, 5.41) is 3.04. The number of unbranched alkanes of at least 4 members (excludes halogenated alkanes) is 1. The first-order valence-electron chi connectivity index (χ1n) is 4.85. The Hall–Kier alpha value is -2.09. The second kappa shape index (κ2) is 6.40. The number of nitrogens with one attached hydrogen (secondary N) is 1. The maximum Gasteiger partial charge on any atom is 0.358 e. The van der Waals surface area contributed by atoms with E-state index in [1.54, 1.807) is 0 Å². The number of carbonyl (C=O) groups is 1. The van der Waals surface area contributed by atoms with Crippen LogP contribution in [0.5, 0.6) is 0 Å². The fourth-order valence-electron chi connectivity index (χ4n) is 1.04. The van der Waals surface area contributed by atoms with Crippen LogP contribution in [-0.4, -0.2) is 29.6 Å². The zero-order valence-corrected chi connectivity index (χ0v) is 9.06. The number of terminal acetylenes is 1. The molecule has 0 bridgehead atoms. The van der Waals surface area contributed by atoms with Gasteiger partial charge >= 0.3 is 5.97 Å². The molecular weight excluding hydrogens is 206 g/mol. The van der Waals surface area contributed by atoms with Crippen molar-refractivity contribution in [2.75, 3.05) is 19.0 Å². The lowest BCUT2D eigenvalue weighted by Crippen LogP contribution is -2.08. The van der Waals surface area contributed by atoms with Crippen molar-refractivity contribution < 1.29 is 9.53 Å². The molecule has 0 amide bonds. The van der Waals surface area contributed by atoms with E-state index in [0.717, 1.165) is 19.4 Å². The molecule has 0 radical (unpaired) electrons. The van der Waals surface area contributed by atoms with E-state index in [1.807, 2.05) is 0 Å². The minimum Gasteiger partial charge on any atom is -0.464 e. The molecule has 0 unspecified atom stereocenters. The molecule has 5 nitrogen and oxygen atoms in total. The first-order valence-corrected chi connectivity index (χ1v) is 4.85. The van der Waals surface area contributed by atoms with Crippen LogP contribution in [0, 0.1) is 12.3 Å². The molecule has 1 aromatic heterocycles. The Morgan fingerprint density at radius 2 is 2.38 bits per heavy atom. The van der Waals surface area contributed by atoms with Gasteiger partial charge in [-0.2, -0.15) is 0 Å². The predicted octanol–water partition coefficient (Wildman–Crippen LogP) is 1.09. The molecule has 1 rings (SSSR count). The number of anilines is 1. The molecule has 0 spiro atoms. The lowest BCUT2D eigenvalue weighted by Gasteiger charge is -2.03. The summed E-state index contributed by atoms with van der Waals surface area (Å²) >= 11 is 0. The summed E-state index contributed by atoms with van der Waals surface area (Å²) in [4.78, 5) is 19.0. The van der Waals surface area contributed by atoms with Crippen molar-refractivity contribution in [2.45, 2.75) is 12.8 Å². The number of aromatic nitrogens is 2. The summed E-state index contributed by atoms with van der Waals surface area (Å²) in [6, 6.07) is 0. The molecule has 1 aromatic rings. The number of carbonyl (C=O) groups excluding carboxylic acids is 1. The average Bonchev–Trinajstić information content (AvgIpc) is 2.34. The number of rotatable bonds is 5. The highest BCUT2D eigenvalue weighted by atomic mass is 16.5. The number of nitrogens with zero attached hydrogens (tertiary/aromatic N) is 2. The van der Waals surface area contributed by atoms with E-state index in [4.69, 9.17) is 6.42 Å². The third-order valence-corrected chi connectivity index (χ3v) is 1.85. The van der Waals surface area contributed by atoms with Crippen LogP contribution in [-0.2, 0) is 4.74 Å². The van der Waals surface area contributed by atoms with Crippen molar-refractivity contribution in [1.82, 2.24) is 9.97 Å². The third kappa shape index (κ3) is 3.58. The predicted molar refractivity (Wildman–Crippen MR) is 59.9 cm³/mol. The van der Waals surface area contributed by atoms with Gasteiger partial charge in [0, 0.05) is 13.0 Å². The van der Waals surface area contributed by atoms with Gasteiger partial charge in [0.2, 0.25) is 0 Å². The quantitative estimate of drug-likeness (QED) is 0.456. The molecule has 1 heterocycles. The number of hydrogen-bond acceptors (Lipinski definition) is 5. The van der Waals surface area contributed by atoms with E-state index < -0.39 is 5.97 Å². The molecule has 0 fully saturated rings. The highest BCUT2D eigenvalue weighted by molar-refractivity contribution is 5.86. The van der Waals surface area contributed by atoms with E-state index >= 15 is 0 Å². The van der Waals surface area contributed by atoms with Crippen molar-refractivity contribution >= 4 is 11.8 Å². The fraction of sp³-hybridized carbons (Fsp3) is 0.364. The van der Waals surface area contributed by atoms with Crippen LogP contribution in [0.4, 0.5) is 5.82 Å². The van der Waals surface area contributed by atoms with Crippen LogP contribution < -0.4 is 5.32 Å². The minimum absolute atomic E-state index is 0.191. The van der Waals surface area contributed by atoms with Crippen molar-refractivity contribution in [3.63, 3.8) is 0 Å². The van der Waals surface area contributed by atoms with Crippen LogP contribution in [0.15, 0.2) is 12.4 Å². The van der Waals surface area contributed by atoms with Gasteiger partial charge in [-0.15, -0.1) is 12.3 Å². The SMILES string of the molecule is C#CCCCNc1cnc(C(=O)OC)cn1. The molecular formula is C11H13N3O2. The zero-order valence-electron chi connectivity index (χ0n) is 9.06. The van der Waals surface area contributed by atoms with Crippen molar-refractivity contribution in [2.24, 2.45) is 0 Å². The molecule has 16 heavy (non-hydrogen) atoms. The molecule has 0 saturated heterocycles. The molecule has 0 aliphatic rings. The van der Waals surface area contributed by atoms with Gasteiger partial charge in [0.25, 0.3) is 0 Å². The molecule has 0 atom stereocenters. The Morgan fingerprint density at radius 1 is 1.56 bits per heavy atom. The molecule has 84 valence electrons. The van der Waals surface area contributed by atoms with Crippen LogP contribution in [0.2, 0.25) is 0 Å². The lowest BCUT2D eigenvalue weighted by atomic mass is 10.3. The number of ether oxygens (including phenoxy) is 1. The zero-order chi connectivity index (χ0) is 11.8. The first kappa shape index (κ1) is 12.0. The standard InChI is InChI=1S/C11H13N3O2/c1-3-4-5-6-12-10-8-13-9(7-14-10)11(15)16-2/h1,7-8H,4-6H2,2H3,(H,12,14). The average molecular weight is 219 g/mol. The second-order valence-corrected chi connectivity index (χ2v) is 3.01. The van der Waals surface area contributed by atoms with E-state index in [1.165, 1.54) is 19.5 Å². The number of hydrogen-bond donors (Lipinski definition) is 1. The monoisotopic (exact) mass is 219 g/mol. The normalized spacial score (nSPS) is 9.25. The molecule has 0 aliphatic carbocycles. The van der Waals surface area contributed by atoms with Gasteiger partial charge in [-0.05, 0) is 6.42 Å². The summed E-state index contributed by atoms with van der Waals surface area (Å²) in [7, 11) is 1.30. The Labute approximate surface area is 94.2 Å². The van der Waals surface area contributed by atoms with Gasteiger partial charge in [0.05, 0.1) is 19.5 Å². The van der Waals surface area contributed by atoms with E-state index in [2.05, 4.69) is 25.9 Å². The van der Waals surface area contributed by atoms with Gasteiger partial charge in [0.15, 0.2) is 5.69 Å². The molecule has 1 N–H and O–H groups in total. The summed E-state index contributed by atoms with van der Waals surface area (Å²) < 4.78 is 4.51. The summed E-state index contributed by atoms with van der Waals surface area (Å²) in [6.45, 7) is 0.733. The molecule has 0 aromatic carbocycles. The summed E-state index contributed by atoms with van der Waals surface area (Å²) in [5.74, 6) is 2.67. The lowest BCUT2D eigenvalue weighted by molar-refractivity contribution is 0.0593. The molecule has 5 heteroatoms. The van der Waals surface area contributed by atoms with Crippen LogP contribution >= 0.6 is 0 Å². The highest BCUT2D eigenvalue weighted by Gasteiger charge is 2.06. The molecule has 0 saturated carbocycles. The van der Waals surface area contributed by atoms with Crippen molar-refractivity contribution in [1.29, 1.82) is 0 Å². The smallest absolute Gasteiger partial charge is 0.358 e. The van der Waals surface area contributed by atoms with Crippen molar-refractivity contribution in [3.8, 4) is 12.3 Å². The van der Waals surface area contributed by atoms with Gasteiger partial charge in [-0.3, -0.25) is 0 Å². The number of esters is 1. The Morgan fingerprint density at radius 3 is 2.94 bits per heavy atom. The van der Waals surface area contributed by atoms with Gasteiger partial charge < -0.3 is 10.1 Å². The van der Waals surface area contributed by atoms with E-state index in [9.17, 15) is 4.79 Å². The van der Waals surface area contributed by atoms with Gasteiger partial charge in [0.1, 0.15) is 5.82 Å². The van der Waals surface area contributed by atoms with E-state index in [-0.39, 0.29) is 5.69 Å². The highest BCUT2D eigenvalue weighted by Crippen LogP contribution is 2.02. The largest absolute Gasteiger partial charge is 0.464 e. The Balaban J connectivity index is 2.46. The maximum absolute atomic E-state index is 11.1. The van der Waals surface area contributed by atoms with Crippen molar-refractivity contribution in [3.05, 3.63) is 18.1 Å². The van der Waals surface area contributed by atoms with Crippen LogP contribution in [0.1, 0.15) is 23.3 Å². The Bertz CT molecular complexity index is 381. The fourth-order valence-corrected chi connectivity index (χ4v) is 1.04. The summed E-state index contributed by atoms with van der Waals surface area (Å²) in [5.41, 5.74) is 0.191. The minimum atomic E-state index is -0.494. The second-order valence-electron chi connectivity index (χ2n) is 3.01. The first-order chi connectivity index (χ1) is 7.77. The maximum atomic E-state index is 11.1. The molecule has 0 aliphatic heterocycles.